The number of amides is 1. The van der Waals surface area contributed by atoms with Gasteiger partial charge in [0.15, 0.2) is 0 Å². The zero-order chi connectivity index (χ0) is 12.5. The number of rotatable bonds is 6. The molecule has 0 saturated carbocycles. The van der Waals surface area contributed by atoms with Crippen molar-refractivity contribution in [1.82, 2.24) is 5.32 Å². The molecule has 17 heavy (non-hydrogen) atoms. The summed E-state index contributed by atoms with van der Waals surface area (Å²) in [7, 11) is 0. The summed E-state index contributed by atoms with van der Waals surface area (Å²) in [4.78, 5) is 22.7. The molecule has 1 heterocycles. The van der Waals surface area contributed by atoms with E-state index in [1.807, 2.05) is 0 Å². The monoisotopic (exact) mass is 243 g/mol. The molecule has 5 nitrogen and oxygen atoms in total. The van der Waals surface area contributed by atoms with Crippen LogP contribution >= 0.6 is 0 Å². The summed E-state index contributed by atoms with van der Waals surface area (Å²) in [5, 5.41) is 2.85. The largest absolute Gasteiger partial charge is 0.466 e. The Morgan fingerprint density at radius 2 is 2.06 bits per heavy atom. The number of hydrogen-bond acceptors (Lipinski definition) is 4. The third kappa shape index (κ3) is 5.68. The van der Waals surface area contributed by atoms with Gasteiger partial charge < -0.3 is 14.8 Å². The van der Waals surface area contributed by atoms with Crippen LogP contribution in [0.15, 0.2) is 0 Å². The Bertz CT molecular complexity index is 249. The molecule has 0 aromatic carbocycles. The molecule has 98 valence electrons. The predicted octanol–water partition coefficient (Wildman–Crippen LogP) is 0.872. The van der Waals surface area contributed by atoms with Crippen molar-refractivity contribution in [2.45, 2.75) is 32.6 Å². The molecule has 0 aliphatic carbocycles. The lowest BCUT2D eigenvalue weighted by Gasteiger charge is -2.21. The summed E-state index contributed by atoms with van der Waals surface area (Å²) in [6.45, 7) is 4.06. The van der Waals surface area contributed by atoms with Gasteiger partial charge in [-0.3, -0.25) is 9.59 Å². The van der Waals surface area contributed by atoms with Gasteiger partial charge >= 0.3 is 5.97 Å². The minimum atomic E-state index is -0.201. The Morgan fingerprint density at radius 3 is 2.71 bits per heavy atom. The van der Waals surface area contributed by atoms with E-state index in [4.69, 9.17) is 9.47 Å². The zero-order valence-electron chi connectivity index (χ0n) is 10.4. The average molecular weight is 243 g/mol. The molecule has 1 rings (SSSR count). The van der Waals surface area contributed by atoms with E-state index in [0.717, 1.165) is 12.8 Å². The van der Waals surface area contributed by atoms with Gasteiger partial charge in [0.2, 0.25) is 5.91 Å². The van der Waals surface area contributed by atoms with E-state index in [9.17, 15) is 9.59 Å². The lowest BCUT2D eigenvalue weighted by atomic mass is 9.99. The highest BCUT2D eigenvalue weighted by atomic mass is 16.5. The van der Waals surface area contributed by atoms with Crippen LogP contribution in [0.1, 0.15) is 32.6 Å². The fourth-order valence-corrected chi connectivity index (χ4v) is 1.78. The van der Waals surface area contributed by atoms with Crippen LogP contribution in [0.2, 0.25) is 0 Å². The lowest BCUT2D eigenvalue weighted by Crippen LogP contribution is -2.34. The fourth-order valence-electron chi connectivity index (χ4n) is 1.78. The van der Waals surface area contributed by atoms with E-state index in [1.165, 1.54) is 0 Å². The van der Waals surface area contributed by atoms with Crippen molar-refractivity contribution in [3.63, 3.8) is 0 Å². The quantitative estimate of drug-likeness (QED) is 0.555. The van der Waals surface area contributed by atoms with E-state index in [1.54, 1.807) is 6.92 Å². The van der Waals surface area contributed by atoms with Gasteiger partial charge in [-0.1, -0.05) is 0 Å². The highest BCUT2D eigenvalue weighted by Gasteiger charge is 2.20. The topological polar surface area (TPSA) is 64.6 Å². The van der Waals surface area contributed by atoms with E-state index in [0.29, 0.717) is 39.2 Å². The number of esters is 1. The Hall–Kier alpha value is -1.10. The van der Waals surface area contributed by atoms with Crippen LogP contribution in [0.5, 0.6) is 0 Å². The van der Waals surface area contributed by atoms with Crippen LogP contribution in [0, 0.1) is 5.92 Å². The molecule has 1 amide bonds. The molecule has 1 saturated heterocycles. The maximum absolute atomic E-state index is 11.7. The second-order valence-corrected chi connectivity index (χ2v) is 4.09. The molecule has 0 unspecified atom stereocenters. The number of ether oxygens (including phenoxy) is 2. The smallest absolute Gasteiger partial charge is 0.305 e. The Kier molecular flexibility index (Phi) is 6.62. The molecule has 1 fully saturated rings. The summed E-state index contributed by atoms with van der Waals surface area (Å²) in [5.41, 5.74) is 0. The fraction of sp³-hybridized carbons (Fsp3) is 0.833. The molecule has 0 bridgehead atoms. The second kappa shape index (κ2) is 8.06. The van der Waals surface area contributed by atoms with Crippen molar-refractivity contribution < 1.29 is 19.1 Å². The van der Waals surface area contributed by atoms with Crippen LogP contribution in [0.4, 0.5) is 0 Å². The molecule has 5 heteroatoms. The summed E-state index contributed by atoms with van der Waals surface area (Å²) in [6, 6.07) is 0. The highest BCUT2D eigenvalue weighted by molar-refractivity contribution is 5.78. The van der Waals surface area contributed by atoms with Gasteiger partial charge in [0, 0.05) is 32.1 Å². The minimum Gasteiger partial charge on any atom is -0.466 e. The third-order valence-electron chi connectivity index (χ3n) is 2.75. The van der Waals surface area contributed by atoms with Gasteiger partial charge in [-0.2, -0.15) is 0 Å². The standard InChI is InChI=1S/C12H21NO4/c1-2-17-11(14)4-3-7-13-12(15)10-5-8-16-9-6-10/h10H,2-9H2,1H3,(H,13,15). The van der Waals surface area contributed by atoms with Crippen LogP contribution in [-0.4, -0.2) is 38.2 Å². The van der Waals surface area contributed by atoms with Gasteiger partial charge in [-0.05, 0) is 26.2 Å². The first-order chi connectivity index (χ1) is 8.24. The number of carbonyl (C=O) groups excluding carboxylic acids is 2. The first-order valence-corrected chi connectivity index (χ1v) is 6.25. The Labute approximate surface area is 102 Å². The average Bonchev–Trinajstić information content (AvgIpc) is 2.36. The van der Waals surface area contributed by atoms with E-state index >= 15 is 0 Å². The van der Waals surface area contributed by atoms with Crippen molar-refractivity contribution in [3.05, 3.63) is 0 Å². The maximum atomic E-state index is 11.7. The Balaban J connectivity index is 2.05. The SMILES string of the molecule is CCOC(=O)CCCNC(=O)C1CCOCC1. The van der Waals surface area contributed by atoms with Gasteiger partial charge in [0.1, 0.15) is 0 Å². The number of carbonyl (C=O) groups is 2. The van der Waals surface area contributed by atoms with Gasteiger partial charge in [0.05, 0.1) is 6.61 Å². The van der Waals surface area contributed by atoms with Crippen LogP contribution in [0.25, 0.3) is 0 Å². The number of nitrogens with one attached hydrogen (secondary N) is 1. The molecule has 0 aromatic heterocycles. The highest BCUT2D eigenvalue weighted by Crippen LogP contribution is 2.14. The van der Waals surface area contributed by atoms with E-state index < -0.39 is 0 Å². The molecule has 0 spiro atoms. The summed E-state index contributed by atoms with van der Waals surface area (Å²) in [5.74, 6) is -0.0451. The molecular weight excluding hydrogens is 222 g/mol. The number of hydrogen-bond donors (Lipinski definition) is 1. The van der Waals surface area contributed by atoms with Crippen LogP contribution in [-0.2, 0) is 19.1 Å². The molecule has 1 aliphatic heterocycles. The first kappa shape index (κ1) is 14.0. The van der Waals surface area contributed by atoms with Gasteiger partial charge in [-0.25, -0.2) is 0 Å². The predicted molar refractivity (Wildman–Crippen MR) is 62.4 cm³/mol. The molecule has 0 atom stereocenters. The summed E-state index contributed by atoms with van der Waals surface area (Å²) >= 11 is 0. The second-order valence-electron chi connectivity index (χ2n) is 4.09. The Morgan fingerprint density at radius 1 is 1.35 bits per heavy atom. The summed E-state index contributed by atoms with van der Waals surface area (Å²) < 4.78 is 9.99. The minimum absolute atomic E-state index is 0.0753. The molecule has 1 aliphatic rings. The lowest BCUT2D eigenvalue weighted by molar-refractivity contribution is -0.143. The van der Waals surface area contributed by atoms with E-state index in [-0.39, 0.29) is 17.8 Å². The van der Waals surface area contributed by atoms with Gasteiger partial charge in [-0.15, -0.1) is 0 Å². The van der Waals surface area contributed by atoms with Gasteiger partial charge in [0.25, 0.3) is 0 Å². The van der Waals surface area contributed by atoms with Crippen molar-refractivity contribution in [1.29, 1.82) is 0 Å². The normalized spacial score (nSPS) is 16.5. The molecule has 0 radical (unpaired) electrons. The molecule has 1 N–H and O–H groups in total. The maximum Gasteiger partial charge on any atom is 0.305 e. The first-order valence-electron chi connectivity index (χ1n) is 6.25. The van der Waals surface area contributed by atoms with Crippen molar-refractivity contribution >= 4 is 11.9 Å². The van der Waals surface area contributed by atoms with Crippen molar-refractivity contribution in [2.75, 3.05) is 26.4 Å². The van der Waals surface area contributed by atoms with E-state index in [2.05, 4.69) is 5.32 Å². The van der Waals surface area contributed by atoms with Crippen LogP contribution < -0.4 is 5.32 Å². The summed E-state index contributed by atoms with van der Waals surface area (Å²) in [6.07, 6.45) is 2.59. The molecule has 0 aromatic rings. The zero-order valence-corrected chi connectivity index (χ0v) is 10.4. The van der Waals surface area contributed by atoms with Crippen molar-refractivity contribution in [2.24, 2.45) is 5.92 Å². The van der Waals surface area contributed by atoms with Crippen molar-refractivity contribution in [3.8, 4) is 0 Å². The third-order valence-corrected chi connectivity index (χ3v) is 2.75. The molecular formula is C12H21NO4. The van der Waals surface area contributed by atoms with Crippen LogP contribution in [0.3, 0.4) is 0 Å².